The van der Waals surface area contributed by atoms with Crippen LogP contribution in [0.4, 0.5) is 9.18 Å². The minimum Gasteiger partial charge on any atom is -0.484 e. The van der Waals surface area contributed by atoms with Crippen molar-refractivity contribution in [1.82, 2.24) is 5.32 Å². The van der Waals surface area contributed by atoms with Crippen molar-refractivity contribution in [3.8, 4) is 5.75 Å². The van der Waals surface area contributed by atoms with Gasteiger partial charge in [0.2, 0.25) is 0 Å². The average Bonchev–Trinajstić information content (AvgIpc) is 2.28. The van der Waals surface area contributed by atoms with E-state index in [-0.39, 0.29) is 13.2 Å². The van der Waals surface area contributed by atoms with Gasteiger partial charge >= 0.3 is 6.09 Å². The summed E-state index contributed by atoms with van der Waals surface area (Å²) in [6.07, 6.45) is -0.819. The Labute approximate surface area is 97.5 Å². The van der Waals surface area contributed by atoms with Crippen LogP contribution < -0.4 is 10.1 Å². The van der Waals surface area contributed by atoms with E-state index < -0.39 is 17.8 Å². The summed E-state index contributed by atoms with van der Waals surface area (Å²) >= 11 is 0. The van der Waals surface area contributed by atoms with Crippen molar-refractivity contribution in [2.75, 3.05) is 13.2 Å². The molecule has 0 aliphatic heterocycles. The second-order valence-electron chi connectivity index (χ2n) is 3.01. The number of benzene rings is 1. The van der Waals surface area contributed by atoms with Crippen LogP contribution in [0, 0.1) is 5.82 Å². The normalized spacial score (nSPS) is 9.53. The van der Waals surface area contributed by atoms with Crippen LogP contribution in [0.2, 0.25) is 0 Å². The Morgan fingerprint density at radius 3 is 2.53 bits per heavy atom. The summed E-state index contributed by atoms with van der Waals surface area (Å²) in [4.78, 5) is 22.0. The van der Waals surface area contributed by atoms with E-state index in [2.05, 4.69) is 4.74 Å². The van der Waals surface area contributed by atoms with E-state index in [1.54, 1.807) is 6.92 Å². The van der Waals surface area contributed by atoms with E-state index in [1.807, 2.05) is 5.32 Å². The number of ether oxygens (including phenoxy) is 2. The molecule has 0 atom stereocenters. The van der Waals surface area contributed by atoms with Gasteiger partial charge in [-0.05, 0) is 31.2 Å². The van der Waals surface area contributed by atoms with E-state index >= 15 is 0 Å². The summed E-state index contributed by atoms with van der Waals surface area (Å²) in [5.41, 5.74) is 0. The molecule has 1 aromatic rings. The van der Waals surface area contributed by atoms with Crippen LogP contribution in [0.3, 0.4) is 0 Å². The lowest BCUT2D eigenvalue weighted by molar-refractivity contribution is -0.122. The molecule has 0 bridgehead atoms. The van der Waals surface area contributed by atoms with Crippen LogP contribution in [0.5, 0.6) is 5.75 Å². The third-order valence-electron chi connectivity index (χ3n) is 1.70. The fourth-order valence-corrected chi connectivity index (χ4v) is 0.997. The Bertz CT molecular complexity index is 391. The smallest absolute Gasteiger partial charge is 0.413 e. The summed E-state index contributed by atoms with van der Waals surface area (Å²) in [6.45, 7) is 1.46. The molecule has 0 saturated heterocycles. The maximum Gasteiger partial charge on any atom is 0.413 e. The van der Waals surface area contributed by atoms with Gasteiger partial charge < -0.3 is 9.47 Å². The van der Waals surface area contributed by atoms with Gasteiger partial charge in [-0.1, -0.05) is 0 Å². The number of carbonyl (C=O) groups excluding carboxylic acids is 2. The van der Waals surface area contributed by atoms with Crippen molar-refractivity contribution in [3.05, 3.63) is 30.1 Å². The molecule has 0 aliphatic rings. The zero-order valence-electron chi connectivity index (χ0n) is 9.23. The molecule has 0 saturated carbocycles. The molecular weight excluding hydrogens is 229 g/mol. The third kappa shape index (κ3) is 4.96. The molecule has 0 spiro atoms. The standard InChI is InChI=1S/C11H12FNO4/c1-2-16-11(15)13-10(14)7-17-9-5-3-8(12)4-6-9/h3-6H,2,7H2,1H3,(H,13,14,15). The van der Waals surface area contributed by atoms with Gasteiger partial charge in [-0.3, -0.25) is 10.1 Å². The monoisotopic (exact) mass is 241 g/mol. The molecule has 0 fully saturated rings. The fourth-order valence-electron chi connectivity index (χ4n) is 0.997. The quantitative estimate of drug-likeness (QED) is 0.867. The largest absolute Gasteiger partial charge is 0.484 e. The van der Waals surface area contributed by atoms with Crippen molar-refractivity contribution in [2.24, 2.45) is 0 Å². The zero-order chi connectivity index (χ0) is 12.7. The van der Waals surface area contributed by atoms with Crippen LogP contribution >= 0.6 is 0 Å². The molecule has 6 heteroatoms. The molecule has 0 radical (unpaired) electrons. The van der Waals surface area contributed by atoms with Gasteiger partial charge in [0.15, 0.2) is 6.61 Å². The number of hydrogen-bond donors (Lipinski definition) is 1. The summed E-state index contributed by atoms with van der Waals surface area (Å²) in [6, 6.07) is 5.18. The number of rotatable bonds is 4. The SMILES string of the molecule is CCOC(=O)NC(=O)COc1ccc(F)cc1. The number of alkyl carbamates (subject to hydrolysis) is 1. The molecular formula is C11H12FNO4. The molecule has 0 aliphatic carbocycles. The molecule has 0 unspecified atom stereocenters. The Hall–Kier alpha value is -2.11. The van der Waals surface area contributed by atoms with Crippen LogP contribution in [-0.2, 0) is 9.53 Å². The lowest BCUT2D eigenvalue weighted by Crippen LogP contribution is -2.34. The first kappa shape index (κ1) is 13.0. The molecule has 17 heavy (non-hydrogen) atoms. The Morgan fingerprint density at radius 2 is 1.94 bits per heavy atom. The number of carbonyl (C=O) groups is 2. The molecule has 1 rings (SSSR count). The molecule has 5 nitrogen and oxygen atoms in total. The molecule has 92 valence electrons. The van der Waals surface area contributed by atoms with Crippen LogP contribution in [0.15, 0.2) is 24.3 Å². The Morgan fingerprint density at radius 1 is 1.29 bits per heavy atom. The molecule has 0 aromatic heterocycles. The number of imide groups is 1. The number of amides is 2. The van der Waals surface area contributed by atoms with E-state index in [1.165, 1.54) is 24.3 Å². The Balaban J connectivity index is 2.33. The lowest BCUT2D eigenvalue weighted by Gasteiger charge is -2.06. The van der Waals surface area contributed by atoms with Gasteiger partial charge in [-0.15, -0.1) is 0 Å². The maximum atomic E-state index is 12.5. The van der Waals surface area contributed by atoms with Crippen molar-refractivity contribution in [2.45, 2.75) is 6.92 Å². The number of nitrogens with one attached hydrogen (secondary N) is 1. The minimum atomic E-state index is -0.819. The summed E-state index contributed by atoms with van der Waals surface area (Å²) < 4.78 is 22.1. The topological polar surface area (TPSA) is 64.6 Å². The zero-order valence-corrected chi connectivity index (χ0v) is 9.23. The first-order valence-electron chi connectivity index (χ1n) is 4.96. The predicted octanol–water partition coefficient (Wildman–Crippen LogP) is 1.48. The Kier molecular flexibility index (Phi) is 4.93. The molecule has 0 heterocycles. The number of halogens is 1. The first-order chi connectivity index (χ1) is 8.11. The summed E-state index contributed by atoms with van der Waals surface area (Å²) in [5, 5.41) is 1.96. The van der Waals surface area contributed by atoms with Gasteiger partial charge in [-0.2, -0.15) is 0 Å². The highest BCUT2D eigenvalue weighted by atomic mass is 19.1. The molecule has 1 N–H and O–H groups in total. The average molecular weight is 241 g/mol. The van der Waals surface area contributed by atoms with E-state index in [4.69, 9.17) is 4.74 Å². The minimum absolute atomic E-state index is 0.179. The lowest BCUT2D eigenvalue weighted by atomic mass is 10.3. The number of hydrogen-bond acceptors (Lipinski definition) is 4. The van der Waals surface area contributed by atoms with E-state index in [9.17, 15) is 14.0 Å². The van der Waals surface area contributed by atoms with Gasteiger partial charge in [0.1, 0.15) is 11.6 Å². The van der Waals surface area contributed by atoms with E-state index in [0.717, 1.165) is 0 Å². The van der Waals surface area contributed by atoms with Gasteiger partial charge in [0.05, 0.1) is 6.61 Å². The second-order valence-corrected chi connectivity index (χ2v) is 3.01. The summed E-state index contributed by atoms with van der Waals surface area (Å²) in [5.74, 6) is -0.688. The highest BCUT2D eigenvalue weighted by Gasteiger charge is 2.08. The van der Waals surface area contributed by atoms with Gasteiger partial charge in [0, 0.05) is 0 Å². The van der Waals surface area contributed by atoms with Crippen molar-refractivity contribution >= 4 is 12.0 Å². The second kappa shape index (κ2) is 6.47. The molecule has 2 amide bonds. The fraction of sp³-hybridized carbons (Fsp3) is 0.273. The van der Waals surface area contributed by atoms with Gasteiger partial charge in [-0.25, -0.2) is 9.18 Å². The van der Waals surface area contributed by atoms with E-state index in [0.29, 0.717) is 5.75 Å². The molecule has 1 aromatic carbocycles. The van der Waals surface area contributed by atoms with Crippen molar-refractivity contribution in [1.29, 1.82) is 0 Å². The highest BCUT2D eigenvalue weighted by molar-refractivity contribution is 5.92. The van der Waals surface area contributed by atoms with Crippen molar-refractivity contribution < 1.29 is 23.5 Å². The maximum absolute atomic E-state index is 12.5. The summed E-state index contributed by atoms with van der Waals surface area (Å²) in [7, 11) is 0. The van der Waals surface area contributed by atoms with Crippen molar-refractivity contribution in [3.63, 3.8) is 0 Å². The third-order valence-corrected chi connectivity index (χ3v) is 1.70. The van der Waals surface area contributed by atoms with Crippen LogP contribution in [0.25, 0.3) is 0 Å². The van der Waals surface area contributed by atoms with Gasteiger partial charge in [0.25, 0.3) is 5.91 Å². The first-order valence-corrected chi connectivity index (χ1v) is 4.96. The van der Waals surface area contributed by atoms with Crippen LogP contribution in [0.1, 0.15) is 6.92 Å². The predicted molar refractivity (Wildman–Crippen MR) is 57.1 cm³/mol. The highest BCUT2D eigenvalue weighted by Crippen LogP contribution is 2.10. The van der Waals surface area contributed by atoms with Crippen LogP contribution in [-0.4, -0.2) is 25.2 Å².